The molecule has 0 amide bonds. The van der Waals surface area contributed by atoms with E-state index in [-0.39, 0.29) is 5.82 Å². The molecule has 2 N–H and O–H groups in total. The molecule has 0 bridgehead atoms. The van der Waals surface area contributed by atoms with Gasteiger partial charge < -0.3 is 5.73 Å². The number of aryl methyl sites for hydroxylation is 1. The van der Waals surface area contributed by atoms with Crippen molar-refractivity contribution in [3.05, 3.63) is 35.1 Å². The van der Waals surface area contributed by atoms with E-state index in [9.17, 15) is 4.39 Å². The maximum Gasteiger partial charge on any atom is 0.123 e. The van der Waals surface area contributed by atoms with Crippen LogP contribution in [-0.4, -0.2) is 24.0 Å². The van der Waals surface area contributed by atoms with Gasteiger partial charge in [0.15, 0.2) is 0 Å². The smallest absolute Gasteiger partial charge is 0.123 e. The zero-order chi connectivity index (χ0) is 13.1. The summed E-state index contributed by atoms with van der Waals surface area (Å²) in [5.74, 6) is -0.150. The van der Waals surface area contributed by atoms with Crippen LogP contribution in [0, 0.1) is 12.7 Å². The second-order valence-corrected chi connectivity index (χ2v) is 5.55. The Balaban J connectivity index is 1.96. The molecule has 2 rings (SSSR count). The van der Waals surface area contributed by atoms with E-state index >= 15 is 0 Å². The highest BCUT2D eigenvalue weighted by atomic mass is 19.1. The van der Waals surface area contributed by atoms with Crippen LogP contribution in [0.1, 0.15) is 36.8 Å². The molecule has 0 heterocycles. The first-order valence-corrected chi connectivity index (χ1v) is 6.77. The lowest BCUT2D eigenvalue weighted by Crippen LogP contribution is -2.38. The maximum atomic E-state index is 13.1. The van der Waals surface area contributed by atoms with E-state index in [1.54, 1.807) is 12.1 Å². The van der Waals surface area contributed by atoms with Gasteiger partial charge in [-0.2, -0.15) is 0 Å². The molecule has 1 aromatic carbocycles. The minimum atomic E-state index is -0.150. The molecule has 0 aliphatic heterocycles. The standard InChI is InChI=1S/C15H23FN2/c1-11-9-13(16)4-3-12(11)10-18(2)15-7-5-14(17)6-8-15/h3-4,9,14-15H,5-8,10,17H2,1-2H3. The molecule has 1 saturated carbocycles. The zero-order valence-electron chi connectivity index (χ0n) is 11.3. The van der Waals surface area contributed by atoms with E-state index in [0.717, 1.165) is 24.9 Å². The first kappa shape index (κ1) is 13.5. The van der Waals surface area contributed by atoms with E-state index in [1.165, 1.54) is 18.4 Å². The fourth-order valence-corrected chi connectivity index (χ4v) is 2.78. The van der Waals surface area contributed by atoms with E-state index in [2.05, 4.69) is 11.9 Å². The molecule has 1 fully saturated rings. The Morgan fingerprint density at radius 2 is 1.94 bits per heavy atom. The molecule has 0 spiro atoms. The van der Waals surface area contributed by atoms with Gasteiger partial charge in [-0.3, -0.25) is 4.90 Å². The minimum absolute atomic E-state index is 0.150. The van der Waals surface area contributed by atoms with Crippen LogP contribution in [0.4, 0.5) is 4.39 Å². The van der Waals surface area contributed by atoms with Crippen LogP contribution in [0.2, 0.25) is 0 Å². The molecule has 3 heteroatoms. The predicted molar refractivity (Wildman–Crippen MR) is 72.8 cm³/mol. The van der Waals surface area contributed by atoms with Gasteiger partial charge in [0, 0.05) is 18.6 Å². The number of benzene rings is 1. The van der Waals surface area contributed by atoms with Crippen LogP contribution in [0.15, 0.2) is 18.2 Å². The van der Waals surface area contributed by atoms with Crippen LogP contribution in [0.5, 0.6) is 0 Å². The Kier molecular flexibility index (Phi) is 4.36. The fraction of sp³-hybridized carbons (Fsp3) is 0.600. The minimum Gasteiger partial charge on any atom is -0.328 e. The molecule has 1 aliphatic rings. The van der Waals surface area contributed by atoms with Gasteiger partial charge in [-0.15, -0.1) is 0 Å². The van der Waals surface area contributed by atoms with Crippen molar-refractivity contribution in [3.8, 4) is 0 Å². The van der Waals surface area contributed by atoms with Crippen molar-refractivity contribution in [2.75, 3.05) is 7.05 Å². The van der Waals surface area contributed by atoms with Crippen LogP contribution in [0.3, 0.4) is 0 Å². The largest absolute Gasteiger partial charge is 0.328 e. The van der Waals surface area contributed by atoms with Crippen molar-refractivity contribution < 1.29 is 4.39 Å². The number of hydrogen-bond donors (Lipinski definition) is 1. The predicted octanol–water partition coefficient (Wildman–Crippen LogP) is 2.84. The normalized spacial score (nSPS) is 24.5. The summed E-state index contributed by atoms with van der Waals surface area (Å²) in [7, 11) is 2.16. The molecule has 0 saturated heterocycles. The molecule has 0 radical (unpaired) electrons. The van der Waals surface area contributed by atoms with E-state index in [0.29, 0.717) is 12.1 Å². The van der Waals surface area contributed by atoms with Gasteiger partial charge >= 0.3 is 0 Å². The van der Waals surface area contributed by atoms with Crippen molar-refractivity contribution in [1.29, 1.82) is 0 Å². The van der Waals surface area contributed by atoms with E-state index in [4.69, 9.17) is 5.73 Å². The molecule has 1 aromatic rings. The summed E-state index contributed by atoms with van der Waals surface area (Å²) < 4.78 is 13.1. The lowest BCUT2D eigenvalue weighted by Gasteiger charge is -2.33. The van der Waals surface area contributed by atoms with Crippen molar-refractivity contribution in [1.82, 2.24) is 4.90 Å². The second-order valence-electron chi connectivity index (χ2n) is 5.55. The van der Waals surface area contributed by atoms with Gasteiger partial charge in [-0.25, -0.2) is 4.39 Å². The topological polar surface area (TPSA) is 29.3 Å². The molecule has 0 atom stereocenters. The van der Waals surface area contributed by atoms with Crippen LogP contribution in [0.25, 0.3) is 0 Å². The van der Waals surface area contributed by atoms with Crippen LogP contribution >= 0.6 is 0 Å². The Bertz CT molecular complexity index is 397. The van der Waals surface area contributed by atoms with Crippen molar-refractivity contribution in [2.45, 2.75) is 51.2 Å². The number of hydrogen-bond acceptors (Lipinski definition) is 2. The highest BCUT2D eigenvalue weighted by Gasteiger charge is 2.22. The summed E-state index contributed by atoms with van der Waals surface area (Å²) in [6.07, 6.45) is 4.60. The highest BCUT2D eigenvalue weighted by molar-refractivity contribution is 5.26. The molecule has 18 heavy (non-hydrogen) atoms. The van der Waals surface area contributed by atoms with Gasteiger partial charge in [0.1, 0.15) is 5.82 Å². The summed E-state index contributed by atoms with van der Waals surface area (Å²) in [5.41, 5.74) is 8.18. The molecule has 0 aromatic heterocycles. The van der Waals surface area contributed by atoms with Gasteiger partial charge in [-0.05, 0) is 62.9 Å². The summed E-state index contributed by atoms with van der Waals surface area (Å²) in [4.78, 5) is 2.38. The summed E-state index contributed by atoms with van der Waals surface area (Å²) in [6, 6.07) is 6.07. The first-order chi connectivity index (χ1) is 8.56. The van der Waals surface area contributed by atoms with Gasteiger partial charge in [0.2, 0.25) is 0 Å². The zero-order valence-corrected chi connectivity index (χ0v) is 11.3. The van der Waals surface area contributed by atoms with E-state index < -0.39 is 0 Å². The quantitative estimate of drug-likeness (QED) is 0.894. The number of nitrogens with two attached hydrogens (primary N) is 1. The van der Waals surface area contributed by atoms with Crippen molar-refractivity contribution >= 4 is 0 Å². The average Bonchev–Trinajstić information content (AvgIpc) is 2.33. The lowest BCUT2D eigenvalue weighted by molar-refractivity contribution is 0.176. The third-order valence-electron chi connectivity index (χ3n) is 4.09. The first-order valence-electron chi connectivity index (χ1n) is 6.77. The Morgan fingerprint density at radius 3 is 2.56 bits per heavy atom. The van der Waals surface area contributed by atoms with Crippen LogP contribution < -0.4 is 5.73 Å². The number of halogens is 1. The third-order valence-corrected chi connectivity index (χ3v) is 4.09. The summed E-state index contributed by atoms with van der Waals surface area (Å²) in [6.45, 7) is 2.87. The van der Waals surface area contributed by atoms with Gasteiger partial charge in [0.05, 0.1) is 0 Å². The maximum absolute atomic E-state index is 13.1. The van der Waals surface area contributed by atoms with Gasteiger partial charge in [0.25, 0.3) is 0 Å². The fourth-order valence-electron chi connectivity index (χ4n) is 2.78. The molecular formula is C15H23FN2. The Labute approximate surface area is 109 Å². The van der Waals surface area contributed by atoms with Crippen molar-refractivity contribution in [2.24, 2.45) is 5.73 Å². The third kappa shape index (κ3) is 3.30. The summed E-state index contributed by atoms with van der Waals surface area (Å²) in [5, 5.41) is 0. The lowest BCUT2D eigenvalue weighted by atomic mass is 9.90. The molecule has 100 valence electrons. The highest BCUT2D eigenvalue weighted by Crippen LogP contribution is 2.23. The monoisotopic (exact) mass is 250 g/mol. The molecule has 0 unspecified atom stereocenters. The molecular weight excluding hydrogens is 227 g/mol. The van der Waals surface area contributed by atoms with E-state index in [1.807, 2.05) is 13.0 Å². The summed E-state index contributed by atoms with van der Waals surface area (Å²) >= 11 is 0. The Morgan fingerprint density at radius 1 is 1.28 bits per heavy atom. The Hall–Kier alpha value is -0.930. The second kappa shape index (κ2) is 5.81. The molecule has 2 nitrogen and oxygen atoms in total. The number of nitrogens with zero attached hydrogens (tertiary/aromatic N) is 1. The molecule has 1 aliphatic carbocycles. The number of rotatable bonds is 3. The van der Waals surface area contributed by atoms with Crippen LogP contribution in [-0.2, 0) is 6.54 Å². The van der Waals surface area contributed by atoms with Crippen molar-refractivity contribution in [3.63, 3.8) is 0 Å². The van der Waals surface area contributed by atoms with Gasteiger partial charge in [-0.1, -0.05) is 6.07 Å². The SMILES string of the molecule is Cc1cc(F)ccc1CN(C)C1CCC(N)CC1. The average molecular weight is 250 g/mol.